The summed E-state index contributed by atoms with van der Waals surface area (Å²) in [4.78, 5) is 14.3. The molecular formula is C13H27N3O. The molecule has 0 bridgehead atoms. The Morgan fingerprint density at radius 1 is 1.41 bits per heavy atom. The highest BCUT2D eigenvalue weighted by atomic mass is 16.1. The smallest absolute Gasteiger partial charge is 0.224 e. The summed E-state index contributed by atoms with van der Waals surface area (Å²) in [5, 5.41) is 6.42. The van der Waals surface area contributed by atoms with Gasteiger partial charge in [0.1, 0.15) is 0 Å². The minimum absolute atomic E-state index is 0.153. The third-order valence-electron chi connectivity index (χ3n) is 3.72. The lowest BCUT2D eigenvalue weighted by Crippen LogP contribution is -2.47. The first kappa shape index (κ1) is 14.5. The van der Waals surface area contributed by atoms with Crippen LogP contribution in [0.5, 0.6) is 0 Å². The van der Waals surface area contributed by atoms with Crippen molar-refractivity contribution in [1.82, 2.24) is 15.5 Å². The van der Waals surface area contributed by atoms with Gasteiger partial charge in [0.05, 0.1) is 5.92 Å². The van der Waals surface area contributed by atoms with E-state index >= 15 is 0 Å². The lowest BCUT2D eigenvalue weighted by atomic mass is 9.91. The van der Waals surface area contributed by atoms with E-state index in [1.165, 1.54) is 0 Å². The molecule has 1 aliphatic rings. The van der Waals surface area contributed by atoms with E-state index in [2.05, 4.69) is 36.3 Å². The second-order valence-electron chi connectivity index (χ2n) is 4.81. The second-order valence-corrected chi connectivity index (χ2v) is 4.81. The van der Waals surface area contributed by atoms with Crippen LogP contribution in [0.4, 0.5) is 0 Å². The van der Waals surface area contributed by atoms with E-state index in [9.17, 15) is 4.79 Å². The molecule has 2 unspecified atom stereocenters. The van der Waals surface area contributed by atoms with Crippen molar-refractivity contribution in [3.8, 4) is 0 Å². The fourth-order valence-electron chi connectivity index (χ4n) is 2.41. The number of piperidine rings is 1. The third kappa shape index (κ3) is 4.64. The molecular weight excluding hydrogens is 214 g/mol. The zero-order valence-corrected chi connectivity index (χ0v) is 11.5. The molecule has 0 spiro atoms. The highest BCUT2D eigenvalue weighted by Crippen LogP contribution is 2.15. The Hall–Kier alpha value is -0.610. The Labute approximate surface area is 105 Å². The summed E-state index contributed by atoms with van der Waals surface area (Å²) < 4.78 is 0. The van der Waals surface area contributed by atoms with Gasteiger partial charge in [-0.3, -0.25) is 4.79 Å². The zero-order valence-electron chi connectivity index (χ0n) is 11.5. The second kappa shape index (κ2) is 7.67. The van der Waals surface area contributed by atoms with Crippen molar-refractivity contribution in [3.05, 3.63) is 0 Å². The number of nitrogens with one attached hydrogen (secondary N) is 2. The molecule has 1 aliphatic heterocycles. The molecule has 0 aromatic rings. The predicted molar refractivity (Wildman–Crippen MR) is 71.0 cm³/mol. The maximum atomic E-state index is 12.0. The molecule has 2 N–H and O–H groups in total. The number of rotatable bonds is 6. The molecule has 0 saturated carbocycles. The van der Waals surface area contributed by atoms with Crippen LogP contribution in [0, 0.1) is 5.92 Å². The van der Waals surface area contributed by atoms with E-state index in [4.69, 9.17) is 0 Å². The Bertz CT molecular complexity index is 229. The van der Waals surface area contributed by atoms with E-state index in [0.717, 1.165) is 45.6 Å². The van der Waals surface area contributed by atoms with Gasteiger partial charge in [-0.2, -0.15) is 0 Å². The topological polar surface area (TPSA) is 44.4 Å². The van der Waals surface area contributed by atoms with E-state index < -0.39 is 0 Å². The van der Waals surface area contributed by atoms with Gasteiger partial charge >= 0.3 is 0 Å². The summed E-state index contributed by atoms with van der Waals surface area (Å²) in [6, 6.07) is 0.317. The molecule has 1 saturated heterocycles. The minimum atomic E-state index is 0.153. The van der Waals surface area contributed by atoms with Gasteiger partial charge in [-0.05, 0) is 39.4 Å². The van der Waals surface area contributed by atoms with Crippen molar-refractivity contribution in [1.29, 1.82) is 0 Å². The molecule has 1 fully saturated rings. The molecule has 0 aromatic carbocycles. The normalized spacial score (nSPS) is 24.9. The molecule has 1 rings (SSSR count). The van der Waals surface area contributed by atoms with Crippen LogP contribution in [-0.4, -0.2) is 49.6 Å². The van der Waals surface area contributed by atoms with Crippen LogP contribution in [0.15, 0.2) is 0 Å². The van der Waals surface area contributed by atoms with Crippen LogP contribution in [0.25, 0.3) is 0 Å². The van der Waals surface area contributed by atoms with Crippen LogP contribution in [-0.2, 0) is 4.79 Å². The molecule has 4 nitrogen and oxygen atoms in total. The Morgan fingerprint density at radius 2 is 2.12 bits per heavy atom. The van der Waals surface area contributed by atoms with E-state index in [1.807, 2.05) is 0 Å². The standard InChI is InChI=1S/C13H27N3O/c1-4-16(5-2)10-9-15-13(17)12-7-6-8-14-11(12)3/h11-12,14H,4-10H2,1-3H3,(H,15,17). The number of hydrogen-bond acceptors (Lipinski definition) is 3. The predicted octanol–water partition coefficient (Wildman–Crippen LogP) is 0.833. The molecule has 1 amide bonds. The molecule has 100 valence electrons. The first-order valence-electron chi connectivity index (χ1n) is 6.92. The van der Waals surface area contributed by atoms with Gasteiger partial charge in [-0.15, -0.1) is 0 Å². The fourth-order valence-corrected chi connectivity index (χ4v) is 2.41. The van der Waals surface area contributed by atoms with Gasteiger partial charge in [-0.1, -0.05) is 13.8 Å². The maximum absolute atomic E-state index is 12.0. The van der Waals surface area contributed by atoms with Crippen LogP contribution >= 0.6 is 0 Å². The largest absolute Gasteiger partial charge is 0.355 e. The summed E-state index contributed by atoms with van der Waals surface area (Å²) in [6.07, 6.45) is 2.13. The van der Waals surface area contributed by atoms with Crippen molar-refractivity contribution >= 4 is 5.91 Å². The summed E-state index contributed by atoms with van der Waals surface area (Å²) in [6.45, 7) is 11.3. The first-order chi connectivity index (χ1) is 8.19. The first-order valence-corrected chi connectivity index (χ1v) is 6.92. The van der Waals surface area contributed by atoms with Crippen molar-refractivity contribution < 1.29 is 4.79 Å². The highest BCUT2D eigenvalue weighted by molar-refractivity contribution is 5.79. The molecule has 0 aliphatic carbocycles. The monoisotopic (exact) mass is 241 g/mol. The quantitative estimate of drug-likeness (QED) is 0.724. The van der Waals surface area contributed by atoms with Gasteiger partial charge in [0.15, 0.2) is 0 Å². The van der Waals surface area contributed by atoms with Crippen LogP contribution in [0.2, 0.25) is 0 Å². The van der Waals surface area contributed by atoms with Crippen molar-refractivity contribution in [2.75, 3.05) is 32.7 Å². The maximum Gasteiger partial charge on any atom is 0.224 e. The number of amides is 1. The number of hydrogen-bond donors (Lipinski definition) is 2. The van der Waals surface area contributed by atoms with Gasteiger partial charge in [0.25, 0.3) is 0 Å². The van der Waals surface area contributed by atoms with Crippen LogP contribution in [0.3, 0.4) is 0 Å². The number of nitrogens with zero attached hydrogens (tertiary/aromatic N) is 1. The summed E-state index contributed by atoms with van der Waals surface area (Å²) in [5.41, 5.74) is 0. The van der Waals surface area contributed by atoms with Crippen molar-refractivity contribution in [2.24, 2.45) is 5.92 Å². The Balaban J connectivity index is 2.24. The molecule has 0 aromatic heterocycles. The average Bonchev–Trinajstić information content (AvgIpc) is 2.35. The Morgan fingerprint density at radius 3 is 2.71 bits per heavy atom. The van der Waals surface area contributed by atoms with Crippen molar-refractivity contribution in [2.45, 2.75) is 39.7 Å². The van der Waals surface area contributed by atoms with Gasteiger partial charge in [0.2, 0.25) is 5.91 Å². The molecule has 0 radical (unpaired) electrons. The number of carbonyl (C=O) groups is 1. The summed E-state index contributed by atoms with van der Waals surface area (Å²) >= 11 is 0. The molecule has 1 heterocycles. The Kier molecular flexibility index (Phi) is 6.52. The van der Waals surface area contributed by atoms with Gasteiger partial charge in [0, 0.05) is 19.1 Å². The van der Waals surface area contributed by atoms with Gasteiger partial charge < -0.3 is 15.5 Å². The van der Waals surface area contributed by atoms with E-state index in [1.54, 1.807) is 0 Å². The molecule has 2 atom stereocenters. The molecule has 4 heteroatoms. The molecule has 17 heavy (non-hydrogen) atoms. The van der Waals surface area contributed by atoms with Crippen molar-refractivity contribution in [3.63, 3.8) is 0 Å². The number of likely N-dealkylation sites (N-methyl/N-ethyl adjacent to an activating group) is 1. The van der Waals surface area contributed by atoms with Crippen LogP contribution < -0.4 is 10.6 Å². The lowest BCUT2D eigenvalue weighted by molar-refractivity contribution is -0.126. The van der Waals surface area contributed by atoms with Gasteiger partial charge in [-0.25, -0.2) is 0 Å². The highest BCUT2D eigenvalue weighted by Gasteiger charge is 2.26. The van der Waals surface area contributed by atoms with E-state index in [0.29, 0.717) is 6.04 Å². The SMILES string of the molecule is CCN(CC)CCNC(=O)C1CCCNC1C. The summed E-state index contributed by atoms with van der Waals surface area (Å²) in [5.74, 6) is 0.373. The lowest BCUT2D eigenvalue weighted by Gasteiger charge is -2.29. The average molecular weight is 241 g/mol. The van der Waals surface area contributed by atoms with Crippen LogP contribution in [0.1, 0.15) is 33.6 Å². The minimum Gasteiger partial charge on any atom is -0.355 e. The third-order valence-corrected chi connectivity index (χ3v) is 3.72. The number of carbonyl (C=O) groups excluding carboxylic acids is 1. The summed E-state index contributed by atoms with van der Waals surface area (Å²) in [7, 11) is 0. The zero-order chi connectivity index (χ0) is 12.7. The fraction of sp³-hybridized carbons (Fsp3) is 0.923. The van der Waals surface area contributed by atoms with E-state index in [-0.39, 0.29) is 11.8 Å².